The molecule has 1 aliphatic heterocycles. The lowest BCUT2D eigenvalue weighted by Gasteiger charge is -2.33. The minimum Gasteiger partial charge on any atom is -0.440 e. The summed E-state index contributed by atoms with van der Waals surface area (Å²) in [6.45, 7) is 8.31. The van der Waals surface area contributed by atoms with Crippen LogP contribution in [-0.4, -0.2) is 35.6 Å². The highest BCUT2D eigenvalue weighted by molar-refractivity contribution is 7.13. The Morgan fingerprint density at radius 2 is 2.47 bits per heavy atom. The summed E-state index contributed by atoms with van der Waals surface area (Å²) in [7, 11) is 0. The molecule has 102 valence electrons. The Kier molecular flexibility index (Phi) is 3.68. The van der Waals surface area contributed by atoms with E-state index in [1.54, 1.807) is 11.3 Å². The lowest BCUT2D eigenvalue weighted by Crippen LogP contribution is -2.49. The quantitative estimate of drug-likeness (QED) is 0.936. The van der Waals surface area contributed by atoms with Crippen molar-refractivity contribution in [3.8, 4) is 10.8 Å². The van der Waals surface area contributed by atoms with Crippen LogP contribution < -0.4 is 5.32 Å². The second-order valence-electron chi connectivity index (χ2n) is 5.02. The molecular weight excluding hydrogens is 258 g/mol. The van der Waals surface area contributed by atoms with E-state index in [1.165, 1.54) is 0 Å². The smallest absolute Gasteiger partial charge is 0.236 e. The van der Waals surface area contributed by atoms with Gasteiger partial charge >= 0.3 is 0 Å². The molecule has 5 heteroatoms. The first kappa shape index (κ1) is 12.8. The number of rotatable bonds is 3. The van der Waals surface area contributed by atoms with Gasteiger partial charge in [0.25, 0.3) is 0 Å². The molecule has 1 aliphatic rings. The Balaban J connectivity index is 1.78. The van der Waals surface area contributed by atoms with Crippen LogP contribution in [0.1, 0.15) is 18.4 Å². The van der Waals surface area contributed by atoms with Gasteiger partial charge in [0.15, 0.2) is 0 Å². The first-order chi connectivity index (χ1) is 9.24. The fourth-order valence-electron chi connectivity index (χ4n) is 2.39. The van der Waals surface area contributed by atoms with E-state index in [0.29, 0.717) is 6.04 Å². The van der Waals surface area contributed by atoms with E-state index < -0.39 is 0 Å². The van der Waals surface area contributed by atoms with Gasteiger partial charge in [-0.2, -0.15) is 0 Å². The van der Waals surface area contributed by atoms with Crippen molar-refractivity contribution in [2.24, 2.45) is 0 Å². The van der Waals surface area contributed by atoms with E-state index in [9.17, 15) is 0 Å². The van der Waals surface area contributed by atoms with Gasteiger partial charge in [0.2, 0.25) is 5.89 Å². The zero-order chi connectivity index (χ0) is 13.2. The molecule has 4 nitrogen and oxygen atoms in total. The van der Waals surface area contributed by atoms with E-state index in [-0.39, 0.29) is 0 Å². The minimum absolute atomic E-state index is 0.551. The fourth-order valence-corrected chi connectivity index (χ4v) is 3.04. The van der Waals surface area contributed by atoms with Crippen molar-refractivity contribution in [3.05, 3.63) is 29.0 Å². The van der Waals surface area contributed by atoms with E-state index >= 15 is 0 Å². The van der Waals surface area contributed by atoms with Crippen LogP contribution in [0.2, 0.25) is 0 Å². The summed E-state index contributed by atoms with van der Waals surface area (Å²) in [5.41, 5.74) is 1.07. The van der Waals surface area contributed by atoms with Crippen LogP contribution >= 0.6 is 11.3 Å². The summed E-state index contributed by atoms with van der Waals surface area (Å²) in [6.07, 6.45) is 0. The summed E-state index contributed by atoms with van der Waals surface area (Å²) in [5.74, 6) is 1.69. The Hall–Kier alpha value is -1.17. The van der Waals surface area contributed by atoms with Gasteiger partial charge in [0, 0.05) is 32.2 Å². The number of hydrogen-bond donors (Lipinski definition) is 1. The number of aromatic nitrogens is 1. The molecule has 0 unspecified atom stereocenters. The van der Waals surface area contributed by atoms with Crippen molar-refractivity contribution in [1.29, 1.82) is 0 Å². The Morgan fingerprint density at radius 3 is 3.21 bits per heavy atom. The summed E-state index contributed by atoms with van der Waals surface area (Å²) < 4.78 is 5.79. The van der Waals surface area contributed by atoms with Crippen molar-refractivity contribution in [2.45, 2.75) is 26.4 Å². The number of hydrogen-bond acceptors (Lipinski definition) is 5. The summed E-state index contributed by atoms with van der Waals surface area (Å²) in [5, 5.41) is 5.46. The zero-order valence-electron chi connectivity index (χ0n) is 11.3. The van der Waals surface area contributed by atoms with Crippen LogP contribution in [0.4, 0.5) is 0 Å². The molecule has 2 aromatic rings. The predicted molar refractivity (Wildman–Crippen MR) is 77.3 cm³/mol. The van der Waals surface area contributed by atoms with Crippen molar-refractivity contribution < 1.29 is 4.42 Å². The maximum Gasteiger partial charge on any atom is 0.236 e. The van der Waals surface area contributed by atoms with Crippen LogP contribution in [0.5, 0.6) is 0 Å². The Morgan fingerprint density at radius 1 is 1.58 bits per heavy atom. The molecule has 0 amide bonds. The van der Waals surface area contributed by atoms with Gasteiger partial charge in [0.1, 0.15) is 5.76 Å². The molecule has 1 atom stereocenters. The van der Waals surface area contributed by atoms with E-state index in [4.69, 9.17) is 4.42 Å². The van der Waals surface area contributed by atoms with E-state index in [0.717, 1.165) is 48.4 Å². The van der Waals surface area contributed by atoms with Crippen LogP contribution in [0.25, 0.3) is 10.8 Å². The molecule has 0 saturated carbocycles. The van der Waals surface area contributed by atoms with Gasteiger partial charge in [-0.05, 0) is 25.3 Å². The third-order valence-corrected chi connectivity index (χ3v) is 4.47. The van der Waals surface area contributed by atoms with Gasteiger partial charge in [0.05, 0.1) is 10.6 Å². The highest BCUT2D eigenvalue weighted by atomic mass is 32.1. The monoisotopic (exact) mass is 277 g/mol. The summed E-state index contributed by atoms with van der Waals surface area (Å²) in [6, 6.07) is 4.63. The minimum atomic E-state index is 0.551. The van der Waals surface area contributed by atoms with Crippen LogP contribution in [0, 0.1) is 6.92 Å². The highest BCUT2D eigenvalue weighted by Gasteiger charge is 2.21. The van der Waals surface area contributed by atoms with Gasteiger partial charge in [-0.25, -0.2) is 4.98 Å². The number of aryl methyl sites for hydroxylation is 1. The average Bonchev–Trinajstić information content (AvgIpc) is 3.02. The standard InChI is InChI=1S/C14H19N3OS/c1-10-8-15-5-6-17(10)9-12-11(2)18-14(16-12)13-4-3-7-19-13/h3-4,7,10,15H,5-6,8-9H2,1-2H3/t10-/m1/s1. The van der Waals surface area contributed by atoms with Crippen LogP contribution in [0.15, 0.2) is 21.9 Å². The molecule has 1 fully saturated rings. The molecule has 1 N–H and O–H groups in total. The van der Waals surface area contributed by atoms with E-state index in [2.05, 4.69) is 22.1 Å². The first-order valence-electron chi connectivity index (χ1n) is 6.69. The van der Waals surface area contributed by atoms with Crippen molar-refractivity contribution in [2.75, 3.05) is 19.6 Å². The molecule has 0 aliphatic carbocycles. The zero-order valence-corrected chi connectivity index (χ0v) is 12.2. The number of nitrogens with zero attached hydrogens (tertiary/aromatic N) is 2. The van der Waals surface area contributed by atoms with Crippen molar-refractivity contribution >= 4 is 11.3 Å². The van der Waals surface area contributed by atoms with Gasteiger partial charge < -0.3 is 9.73 Å². The Labute approximate surface area is 117 Å². The molecule has 2 aromatic heterocycles. The number of piperazine rings is 1. The lowest BCUT2D eigenvalue weighted by molar-refractivity contribution is 0.163. The largest absolute Gasteiger partial charge is 0.440 e. The normalized spacial score (nSPS) is 20.8. The molecule has 3 heterocycles. The topological polar surface area (TPSA) is 41.3 Å². The highest BCUT2D eigenvalue weighted by Crippen LogP contribution is 2.26. The third kappa shape index (κ3) is 2.73. The number of thiophene rings is 1. The fraction of sp³-hybridized carbons (Fsp3) is 0.500. The Bertz CT molecular complexity index is 535. The maximum atomic E-state index is 5.79. The van der Waals surface area contributed by atoms with E-state index in [1.807, 2.05) is 24.4 Å². The summed E-state index contributed by atoms with van der Waals surface area (Å²) in [4.78, 5) is 8.22. The third-order valence-electron chi connectivity index (χ3n) is 3.62. The number of nitrogens with one attached hydrogen (secondary N) is 1. The van der Waals surface area contributed by atoms with Crippen molar-refractivity contribution in [1.82, 2.24) is 15.2 Å². The van der Waals surface area contributed by atoms with Gasteiger partial charge in [-0.1, -0.05) is 6.07 Å². The predicted octanol–water partition coefficient (Wildman–Crippen LogP) is 2.51. The maximum absolute atomic E-state index is 5.79. The molecule has 1 saturated heterocycles. The molecule has 0 spiro atoms. The van der Waals surface area contributed by atoms with Crippen LogP contribution in [0.3, 0.4) is 0 Å². The average molecular weight is 277 g/mol. The first-order valence-corrected chi connectivity index (χ1v) is 7.57. The second-order valence-corrected chi connectivity index (χ2v) is 5.97. The van der Waals surface area contributed by atoms with Gasteiger partial charge in [-0.15, -0.1) is 11.3 Å². The lowest BCUT2D eigenvalue weighted by atomic mass is 10.2. The summed E-state index contributed by atoms with van der Waals surface area (Å²) >= 11 is 1.66. The molecule has 19 heavy (non-hydrogen) atoms. The molecule has 0 bridgehead atoms. The number of oxazole rings is 1. The van der Waals surface area contributed by atoms with Gasteiger partial charge in [-0.3, -0.25) is 4.90 Å². The SMILES string of the molecule is Cc1oc(-c2cccs2)nc1CN1CCNC[C@H]1C. The molecular formula is C14H19N3OS. The molecule has 0 aromatic carbocycles. The molecule has 0 radical (unpaired) electrons. The molecule has 3 rings (SSSR count). The second kappa shape index (κ2) is 5.45. The van der Waals surface area contributed by atoms with Crippen molar-refractivity contribution in [3.63, 3.8) is 0 Å². The van der Waals surface area contributed by atoms with Crippen LogP contribution in [-0.2, 0) is 6.54 Å².